The molecule has 1 atom stereocenters. The van der Waals surface area contributed by atoms with E-state index in [0.29, 0.717) is 29.0 Å². The van der Waals surface area contributed by atoms with E-state index in [4.69, 9.17) is 4.74 Å². The fourth-order valence-corrected chi connectivity index (χ4v) is 6.85. The van der Waals surface area contributed by atoms with E-state index in [9.17, 15) is 8.78 Å². The number of ether oxygens (including phenoxy) is 1. The molecule has 0 amide bonds. The highest BCUT2D eigenvalue weighted by Gasteiger charge is 2.29. The van der Waals surface area contributed by atoms with Gasteiger partial charge < -0.3 is 4.74 Å². The van der Waals surface area contributed by atoms with Gasteiger partial charge in [0, 0.05) is 16.7 Å². The minimum absolute atomic E-state index is 0.0636. The van der Waals surface area contributed by atoms with Crippen LogP contribution in [0.1, 0.15) is 76.7 Å². The van der Waals surface area contributed by atoms with Gasteiger partial charge in [0.1, 0.15) is 0 Å². The van der Waals surface area contributed by atoms with E-state index in [1.54, 1.807) is 42.5 Å². The lowest BCUT2D eigenvalue weighted by atomic mass is 9.70. The second kappa shape index (κ2) is 13.8. The van der Waals surface area contributed by atoms with Crippen molar-refractivity contribution in [3.63, 3.8) is 0 Å². The molecule has 1 saturated carbocycles. The molecule has 0 spiro atoms. The maximum absolute atomic E-state index is 15.4. The van der Waals surface area contributed by atoms with Crippen molar-refractivity contribution in [3.8, 4) is 28.0 Å². The minimum Gasteiger partial charge on any atom is -0.490 e. The van der Waals surface area contributed by atoms with Crippen LogP contribution in [0.25, 0.3) is 27.8 Å². The second-order valence-electron chi connectivity index (χ2n) is 11.9. The lowest BCUT2D eigenvalue weighted by molar-refractivity contribution is 0.189. The third kappa shape index (κ3) is 6.50. The molecule has 0 saturated heterocycles. The zero-order chi connectivity index (χ0) is 29.6. The Bertz CT molecular complexity index is 1420. The van der Waals surface area contributed by atoms with E-state index >= 15 is 8.78 Å². The maximum atomic E-state index is 15.4. The maximum Gasteiger partial charge on any atom is 0.201 e. The van der Waals surface area contributed by atoms with Gasteiger partial charge in [-0.2, -0.15) is 4.39 Å². The van der Waals surface area contributed by atoms with Gasteiger partial charge in [-0.1, -0.05) is 81.2 Å². The van der Waals surface area contributed by atoms with E-state index < -0.39 is 23.3 Å². The zero-order valence-corrected chi connectivity index (χ0v) is 24.4. The fraction of sp³-hybridized carbons (Fsp3) is 0.405. The van der Waals surface area contributed by atoms with Gasteiger partial charge in [-0.05, 0) is 85.1 Å². The molecular formula is C37H40F4O. The fourth-order valence-electron chi connectivity index (χ4n) is 6.85. The number of halogens is 4. The molecule has 1 unspecified atom stereocenters. The largest absolute Gasteiger partial charge is 0.490 e. The number of hydrogen-bond acceptors (Lipinski definition) is 1. The van der Waals surface area contributed by atoms with Crippen LogP contribution in [0.4, 0.5) is 17.6 Å². The van der Waals surface area contributed by atoms with E-state index in [0.717, 1.165) is 36.7 Å². The highest BCUT2D eigenvalue weighted by molar-refractivity contribution is 5.74. The summed E-state index contributed by atoms with van der Waals surface area (Å²) in [6, 6.07) is 12.5. The van der Waals surface area contributed by atoms with Crippen LogP contribution in [0, 0.1) is 41.0 Å². The molecule has 2 aliphatic rings. The monoisotopic (exact) mass is 576 g/mol. The first-order chi connectivity index (χ1) is 20.4. The lowest BCUT2D eigenvalue weighted by Gasteiger charge is -2.35. The van der Waals surface area contributed by atoms with Crippen molar-refractivity contribution in [2.24, 2.45) is 17.8 Å². The molecule has 2 aliphatic carbocycles. The van der Waals surface area contributed by atoms with Crippen molar-refractivity contribution >= 4 is 5.57 Å². The van der Waals surface area contributed by atoms with E-state index in [-0.39, 0.29) is 23.5 Å². The minimum atomic E-state index is -1.06. The van der Waals surface area contributed by atoms with Gasteiger partial charge in [-0.25, -0.2) is 13.2 Å². The lowest BCUT2D eigenvalue weighted by Crippen LogP contribution is -2.23. The Balaban J connectivity index is 1.27. The molecule has 3 aromatic carbocycles. The molecule has 5 rings (SSSR count). The van der Waals surface area contributed by atoms with Crippen LogP contribution >= 0.6 is 0 Å². The van der Waals surface area contributed by atoms with Gasteiger partial charge in [0.25, 0.3) is 0 Å². The summed E-state index contributed by atoms with van der Waals surface area (Å²) in [5, 5.41) is 0. The standard InChI is InChI=1S/C37H40F4O/c1-3-5-23-42-33-22-21-32(36(40)37(33)41)29-17-15-28(16-18-29)31-20-19-30(34(38)35(31)39)27-13-11-26(12-14-27)25-9-7-24(6-4-2)8-10-25/h3,13,15-22,24-26H,1,4-12,14,23H2,2H3. The molecule has 3 aromatic rings. The molecule has 0 heterocycles. The third-order valence-electron chi connectivity index (χ3n) is 9.27. The van der Waals surface area contributed by atoms with Gasteiger partial charge in [-0.3, -0.25) is 0 Å². The Hall–Kier alpha value is -3.34. The highest BCUT2D eigenvalue weighted by Crippen LogP contribution is 2.43. The van der Waals surface area contributed by atoms with E-state index in [1.807, 2.05) is 0 Å². The highest BCUT2D eigenvalue weighted by atomic mass is 19.2. The van der Waals surface area contributed by atoms with Gasteiger partial charge in [0.15, 0.2) is 23.2 Å². The molecule has 42 heavy (non-hydrogen) atoms. The molecule has 0 aliphatic heterocycles. The van der Waals surface area contributed by atoms with Gasteiger partial charge in [0.05, 0.1) is 6.61 Å². The summed E-state index contributed by atoms with van der Waals surface area (Å²) < 4.78 is 65.3. The summed E-state index contributed by atoms with van der Waals surface area (Å²) in [7, 11) is 0. The topological polar surface area (TPSA) is 9.23 Å². The average Bonchev–Trinajstić information content (AvgIpc) is 3.02. The van der Waals surface area contributed by atoms with Crippen molar-refractivity contribution < 1.29 is 22.3 Å². The summed E-state index contributed by atoms with van der Waals surface area (Å²) in [6.07, 6.45) is 14.9. The Labute approximate surface area is 247 Å². The Morgan fingerprint density at radius 2 is 1.33 bits per heavy atom. The van der Waals surface area contributed by atoms with E-state index in [1.165, 1.54) is 50.7 Å². The molecule has 5 heteroatoms. The van der Waals surface area contributed by atoms with Crippen LogP contribution in [0.2, 0.25) is 0 Å². The van der Waals surface area contributed by atoms with Gasteiger partial charge in [0.2, 0.25) is 5.82 Å². The quantitative estimate of drug-likeness (QED) is 0.133. The van der Waals surface area contributed by atoms with Crippen LogP contribution < -0.4 is 4.74 Å². The Morgan fingerprint density at radius 3 is 1.93 bits per heavy atom. The molecule has 0 radical (unpaired) electrons. The van der Waals surface area contributed by atoms with Crippen LogP contribution in [-0.2, 0) is 0 Å². The predicted molar refractivity (Wildman–Crippen MR) is 163 cm³/mol. The third-order valence-corrected chi connectivity index (χ3v) is 9.27. The van der Waals surface area contributed by atoms with E-state index in [2.05, 4.69) is 19.6 Å². The molecular weight excluding hydrogens is 536 g/mol. The molecule has 1 fully saturated rings. The van der Waals surface area contributed by atoms with Crippen molar-refractivity contribution in [3.05, 3.63) is 96.1 Å². The first kappa shape index (κ1) is 30.1. The number of benzene rings is 3. The molecule has 0 bridgehead atoms. The van der Waals surface area contributed by atoms with Crippen molar-refractivity contribution in [1.29, 1.82) is 0 Å². The number of hydrogen-bond donors (Lipinski definition) is 0. The van der Waals surface area contributed by atoms with Crippen molar-refractivity contribution in [2.45, 2.75) is 71.1 Å². The summed E-state index contributed by atoms with van der Waals surface area (Å²) >= 11 is 0. The van der Waals surface area contributed by atoms with Gasteiger partial charge in [-0.15, -0.1) is 6.58 Å². The zero-order valence-electron chi connectivity index (χ0n) is 24.4. The first-order valence-electron chi connectivity index (χ1n) is 15.4. The van der Waals surface area contributed by atoms with Gasteiger partial charge >= 0.3 is 0 Å². The van der Waals surface area contributed by atoms with Crippen LogP contribution in [0.5, 0.6) is 5.75 Å². The van der Waals surface area contributed by atoms with Crippen molar-refractivity contribution in [2.75, 3.05) is 6.61 Å². The average molecular weight is 577 g/mol. The predicted octanol–water partition coefficient (Wildman–Crippen LogP) is 11.3. The Kier molecular flexibility index (Phi) is 9.87. The van der Waals surface area contributed by atoms with Crippen molar-refractivity contribution in [1.82, 2.24) is 0 Å². The summed E-state index contributed by atoms with van der Waals surface area (Å²) in [6.45, 7) is 6.04. The summed E-state index contributed by atoms with van der Waals surface area (Å²) in [4.78, 5) is 0. The molecule has 0 aromatic heterocycles. The molecule has 222 valence electrons. The molecule has 1 nitrogen and oxygen atoms in total. The Morgan fingerprint density at radius 1 is 0.738 bits per heavy atom. The summed E-state index contributed by atoms with van der Waals surface area (Å²) in [5.74, 6) is -1.69. The second-order valence-corrected chi connectivity index (χ2v) is 11.9. The summed E-state index contributed by atoms with van der Waals surface area (Å²) in [5.41, 5.74) is 2.31. The van der Waals surface area contributed by atoms with Crippen LogP contribution in [0.15, 0.2) is 67.3 Å². The first-order valence-corrected chi connectivity index (χ1v) is 15.4. The molecule has 0 N–H and O–H groups in total. The van der Waals surface area contributed by atoms with Crippen LogP contribution in [-0.4, -0.2) is 6.61 Å². The number of rotatable bonds is 10. The number of allylic oxidation sites excluding steroid dienone is 2. The normalized spacial score (nSPS) is 20.7. The SMILES string of the molecule is C=CCCOc1ccc(-c2ccc(-c3ccc(C4=CCC(C5CCC(CCC)CC5)CC4)c(F)c3F)cc2)c(F)c1F. The smallest absolute Gasteiger partial charge is 0.201 e. The van der Waals surface area contributed by atoms with Crippen LogP contribution in [0.3, 0.4) is 0 Å².